The molecule has 0 bridgehead atoms. The van der Waals surface area contributed by atoms with Crippen molar-refractivity contribution in [1.29, 1.82) is 0 Å². The number of pyridine rings is 1. The number of aryl methyl sites for hydroxylation is 2. The van der Waals surface area contributed by atoms with Gasteiger partial charge in [0, 0.05) is 12.4 Å². The van der Waals surface area contributed by atoms with E-state index in [1.54, 1.807) is 13.1 Å². The van der Waals surface area contributed by atoms with Gasteiger partial charge in [0.2, 0.25) is 0 Å². The van der Waals surface area contributed by atoms with Crippen LogP contribution < -0.4 is 11.3 Å². The molecule has 0 saturated heterocycles. The van der Waals surface area contributed by atoms with Crippen molar-refractivity contribution in [3.05, 3.63) is 32.9 Å². The Bertz CT molecular complexity index is 610. The monoisotopic (exact) mass is 222 g/mol. The van der Waals surface area contributed by atoms with Crippen LogP contribution in [0.4, 0.5) is 0 Å². The van der Waals surface area contributed by atoms with Gasteiger partial charge in [-0.3, -0.25) is 9.59 Å². The predicted octanol–water partition coefficient (Wildman–Crippen LogP) is 1.01. The first-order valence-corrected chi connectivity index (χ1v) is 5.28. The Morgan fingerprint density at radius 2 is 2.20 bits per heavy atom. The molecule has 4 nitrogen and oxygen atoms in total. The maximum absolute atomic E-state index is 11.7. The summed E-state index contributed by atoms with van der Waals surface area (Å²) >= 11 is 1.49. The van der Waals surface area contributed by atoms with E-state index in [-0.39, 0.29) is 11.1 Å². The zero-order chi connectivity index (χ0) is 11.2. The van der Waals surface area contributed by atoms with Crippen LogP contribution in [-0.2, 0) is 7.05 Å². The van der Waals surface area contributed by atoms with Gasteiger partial charge in [0.05, 0.1) is 0 Å². The summed E-state index contributed by atoms with van der Waals surface area (Å²) in [6.07, 6.45) is 0. The van der Waals surface area contributed by atoms with E-state index in [1.165, 1.54) is 15.9 Å². The highest BCUT2D eigenvalue weighted by molar-refractivity contribution is 7.17. The molecule has 0 aliphatic heterocycles. The van der Waals surface area contributed by atoms with E-state index in [0.29, 0.717) is 0 Å². The molecule has 78 valence electrons. The Labute approximate surface area is 89.9 Å². The van der Waals surface area contributed by atoms with Gasteiger partial charge in [-0.1, -0.05) is 0 Å². The average molecular weight is 222 g/mol. The third-order valence-electron chi connectivity index (χ3n) is 2.40. The van der Waals surface area contributed by atoms with E-state index in [0.717, 1.165) is 15.8 Å². The highest BCUT2D eigenvalue weighted by Gasteiger charge is 2.13. The molecule has 5 heteroatoms. The molecule has 0 atom stereocenters. The lowest BCUT2D eigenvalue weighted by Gasteiger charge is -2.02. The molecule has 0 aliphatic rings. The number of hydrogen-bond donors (Lipinski definition) is 1. The molecule has 2 aromatic rings. The third kappa shape index (κ3) is 1.35. The number of rotatable bonds is 1. The normalized spacial score (nSPS) is 10.8. The summed E-state index contributed by atoms with van der Waals surface area (Å²) in [7, 11) is 1.65. The van der Waals surface area contributed by atoms with Gasteiger partial charge >= 0.3 is 0 Å². The number of thiophene rings is 1. The number of fused-ring (bicyclic) bond motifs is 1. The van der Waals surface area contributed by atoms with Crippen LogP contribution in [0.15, 0.2) is 16.2 Å². The molecule has 0 spiro atoms. The molecule has 0 saturated carbocycles. The summed E-state index contributed by atoms with van der Waals surface area (Å²) in [5.41, 5.74) is 5.91. The van der Waals surface area contributed by atoms with E-state index in [4.69, 9.17) is 5.73 Å². The lowest BCUT2D eigenvalue weighted by Crippen LogP contribution is -2.27. The summed E-state index contributed by atoms with van der Waals surface area (Å²) in [4.78, 5) is 23.6. The Balaban J connectivity index is 2.98. The Kier molecular flexibility index (Phi) is 2.12. The van der Waals surface area contributed by atoms with E-state index < -0.39 is 5.91 Å². The van der Waals surface area contributed by atoms with Crippen molar-refractivity contribution in [3.8, 4) is 0 Å². The average Bonchev–Trinajstić information content (AvgIpc) is 2.53. The first-order chi connectivity index (χ1) is 7.02. The second kappa shape index (κ2) is 3.20. The van der Waals surface area contributed by atoms with Crippen LogP contribution in [-0.4, -0.2) is 10.5 Å². The number of nitrogens with two attached hydrogens (primary N) is 1. The minimum atomic E-state index is -0.678. The molecule has 0 aromatic carbocycles. The molecular weight excluding hydrogens is 212 g/mol. The minimum Gasteiger partial charge on any atom is -0.365 e. The van der Waals surface area contributed by atoms with Gasteiger partial charge < -0.3 is 10.3 Å². The zero-order valence-corrected chi connectivity index (χ0v) is 9.22. The lowest BCUT2D eigenvalue weighted by molar-refractivity contribution is 0.0998. The summed E-state index contributed by atoms with van der Waals surface area (Å²) in [6.45, 7) is 1.94. The SMILES string of the molecule is Cc1csc2c1cc(C(N)=O)c(=O)n2C. The van der Waals surface area contributed by atoms with Gasteiger partial charge in [-0.25, -0.2) is 0 Å². The fourth-order valence-corrected chi connectivity index (χ4v) is 2.53. The van der Waals surface area contributed by atoms with Crippen LogP contribution in [0, 0.1) is 6.92 Å². The number of nitrogens with zero attached hydrogens (tertiary/aromatic N) is 1. The summed E-state index contributed by atoms with van der Waals surface area (Å²) < 4.78 is 1.47. The van der Waals surface area contributed by atoms with Gasteiger partial charge in [-0.15, -0.1) is 11.3 Å². The minimum absolute atomic E-state index is 0.0477. The summed E-state index contributed by atoms with van der Waals surface area (Å²) in [5, 5.41) is 2.87. The number of aromatic nitrogens is 1. The molecular formula is C10H10N2O2S. The van der Waals surface area contributed by atoms with E-state index in [9.17, 15) is 9.59 Å². The lowest BCUT2D eigenvalue weighted by atomic mass is 10.2. The van der Waals surface area contributed by atoms with E-state index in [2.05, 4.69) is 0 Å². The summed E-state index contributed by atoms with van der Waals surface area (Å²) in [6, 6.07) is 1.58. The predicted molar refractivity (Wildman–Crippen MR) is 60.3 cm³/mol. The van der Waals surface area contributed by atoms with E-state index in [1.807, 2.05) is 12.3 Å². The molecule has 2 N–H and O–H groups in total. The van der Waals surface area contributed by atoms with Gasteiger partial charge in [0.1, 0.15) is 10.4 Å². The van der Waals surface area contributed by atoms with Gasteiger partial charge in [0.15, 0.2) is 0 Å². The molecule has 0 unspecified atom stereocenters. The van der Waals surface area contributed by atoms with Crippen molar-refractivity contribution in [2.75, 3.05) is 0 Å². The smallest absolute Gasteiger partial charge is 0.264 e. The highest BCUT2D eigenvalue weighted by atomic mass is 32.1. The standard InChI is InChI=1S/C10H10N2O2S/c1-5-4-15-10-6(5)3-7(8(11)13)9(14)12(10)2/h3-4H,1-2H3,(H2,11,13). The van der Waals surface area contributed by atoms with Crippen LogP contribution in [0.3, 0.4) is 0 Å². The fraction of sp³-hybridized carbons (Fsp3) is 0.200. The van der Waals surface area contributed by atoms with Crippen LogP contribution in [0.25, 0.3) is 10.2 Å². The van der Waals surface area contributed by atoms with Crippen LogP contribution in [0.2, 0.25) is 0 Å². The number of carbonyl (C=O) groups is 1. The topological polar surface area (TPSA) is 65.1 Å². The van der Waals surface area contributed by atoms with Crippen molar-refractivity contribution in [2.24, 2.45) is 12.8 Å². The third-order valence-corrected chi connectivity index (χ3v) is 3.58. The van der Waals surface area contributed by atoms with Crippen LogP contribution in [0.5, 0.6) is 0 Å². The molecule has 2 rings (SSSR count). The first-order valence-electron chi connectivity index (χ1n) is 4.40. The van der Waals surface area contributed by atoms with E-state index >= 15 is 0 Å². The van der Waals surface area contributed by atoms with Crippen molar-refractivity contribution in [2.45, 2.75) is 6.92 Å². The molecule has 0 aliphatic carbocycles. The number of amides is 1. The summed E-state index contributed by atoms with van der Waals surface area (Å²) in [5.74, 6) is -0.678. The maximum Gasteiger partial charge on any atom is 0.264 e. The molecule has 2 heterocycles. The Morgan fingerprint density at radius 1 is 1.53 bits per heavy atom. The zero-order valence-electron chi connectivity index (χ0n) is 8.40. The van der Waals surface area contributed by atoms with Gasteiger partial charge in [-0.2, -0.15) is 0 Å². The molecule has 0 radical (unpaired) electrons. The maximum atomic E-state index is 11.7. The number of primary amides is 1. The molecule has 1 amide bonds. The number of carbonyl (C=O) groups excluding carboxylic acids is 1. The largest absolute Gasteiger partial charge is 0.365 e. The van der Waals surface area contributed by atoms with Crippen molar-refractivity contribution in [3.63, 3.8) is 0 Å². The van der Waals surface area contributed by atoms with Crippen molar-refractivity contribution >= 4 is 27.5 Å². The van der Waals surface area contributed by atoms with Crippen LogP contribution in [0.1, 0.15) is 15.9 Å². The quantitative estimate of drug-likeness (QED) is 0.782. The van der Waals surface area contributed by atoms with Gasteiger partial charge in [0.25, 0.3) is 11.5 Å². The number of hydrogen-bond acceptors (Lipinski definition) is 3. The Hall–Kier alpha value is -1.62. The second-order valence-electron chi connectivity index (χ2n) is 3.42. The molecule has 0 fully saturated rings. The van der Waals surface area contributed by atoms with Crippen LogP contribution >= 0.6 is 11.3 Å². The molecule has 15 heavy (non-hydrogen) atoms. The Morgan fingerprint density at radius 3 is 2.80 bits per heavy atom. The van der Waals surface area contributed by atoms with Crippen molar-refractivity contribution < 1.29 is 4.79 Å². The first kappa shape index (κ1) is 9.92. The highest BCUT2D eigenvalue weighted by Crippen LogP contribution is 2.23. The fourth-order valence-electron chi connectivity index (χ4n) is 1.53. The molecule has 2 aromatic heterocycles. The van der Waals surface area contributed by atoms with Crippen molar-refractivity contribution in [1.82, 2.24) is 4.57 Å². The van der Waals surface area contributed by atoms with Gasteiger partial charge in [-0.05, 0) is 23.9 Å². The second-order valence-corrected chi connectivity index (χ2v) is 4.28.